The lowest BCUT2D eigenvalue weighted by Gasteiger charge is -2.33. The predicted octanol–water partition coefficient (Wildman–Crippen LogP) is -0.513. The number of aromatic nitrogens is 2. The van der Waals surface area contributed by atoms with Gasteiger partial charge in [0.05, 0.1) is 12.4 Å². The summed E-state index contributed by atoms with van der Waals surface area (Å²) < 4.78 is 0. The van der Waals surface area contributed by atoms with Crippen LogP contribution in [0, 0.1) is 5.92 Å². The number of likely N-dealkylation sites (tertiary alicyclic amines) is 2. The molecule has 3 heterocycles. The minimum Gasteiger partial charge on any atom is -0.480 e. The molecule has 0 aliphatic carbocycles. The zero-order valence-corrected chi connectivity index (χ0v) is 18.5. The first kappa shape index (κ1) is 23.7. The molecule has 3 rings (SSSR count). The lowest BCUT2D eigenvalue weighted by atomic mass is 10.0. The van der Waals surface area contributed by atoms with Crippen molar-refractivity contribution in [1.82, 2.24) is 25.1 Å². The summed E-state index contributed by atoms with van der Waals surface area (Å²) in [7, 11) is 0. The van der Waals surface area contributed by atoms with Crippen LogP contribution in [0.25, 0.3) is 0 Å². The average molecular weight is 449 g/mol. The second-order valence-electron chi connectivity index (χ2n) is 8.84. The van der Waals surface area contributed by atoms with E-state index in [1.165, 1.54) is 16.1 Å². The fourth-order valence-corrected chi connectivity index (χ4v) is 4.44. The van der Waals surface area contributed by atoms with Gasteiger partial charge in [0.15, 0.2) is 0 Å². The first-order valence-corrected chi connectivity index (χ1v) is 11.1. The molecule has 0 aromatic carbocycles. The molecule has 11 nitrogen and oxygen atoms in total. The van der Waals surface area contributed by atoms with Crippen molar-refractivity contribution in [3.8, 4) is 0 Å². The molecule has 1 aromatic rings. The molecule has 2 aliphatic heterocycles. The van der Waals surface area contributed by atoms with Gasteiger partial charge in [0.2, 0.25) is 17.7 Å². The maximum Gasteiger partial charge on any atom is 0.326 e. The fraction of sp³-hybridized carbons (Fsp3) is 0.667. The van der Waals surface area contributed by atoms with E-state index in [4.69, 9.17) is 5.73 Å². The molecule has 0 radical (unpaired) electrons. The lowest BCUT2D eigenvalue weighted by Crippen LogP contribution is -2.58. The Morgan fingerprint density at radius 3 is 2.44 bits per heavy atom. The van der Waals surface area contributed by atoms with Gasteiger partial charge >= 0.3 is 5.97 Å². The molecule has 4 unspecified atom stereocenters. The molecule has 176 valence electrons. The number of nitrogens with one attached hydrogen (secondary N) is 2. The third-order valence-corrected chi connectivity index (χ3v) is 6.20. The van der Waals surface area contributed by atoms with Crippen LogP contribution in [-0.4, -0.2) is 85.8 Å². The van der Waals surface area contributed by atoms with Crippen LogP contribution >= 0.6 is 0 Å². The summed E-state index contributed by atoms with van der Waals surface area (Å²) in [4.78, 5) is 60.3. The van der Waals surface area contributed by atoms with Crippen LogP contribution in [0.2, 0.25) is 0 Å². The van der Waals surface area contributed by atoms with Gasteiger partial charge in [-0.2, -0.15) is 0 Å². The summed E-state index contributed by atoms with van der Waals surface area (Å²) in [6, 6.07) is -3.25. The van der Waals surface area contributed by atoms with Crippen molar-refractivity contribution in [3.05, 3.63) is 18.2 Å². The highest BCUT2D eigenvalue weighted by molar-refractivity contribution is 5.94. The number of H-pyrrole nitrogens is 1. The summed E-state index contributed by atoms with van der Waals surface area (Å²) >= 11 is 0. The zero-order valence-electron chi connectivity index (χ0n) is 18.5. The highest BCUT2D eigenvalue weighted by Gasteiger charge is 2.44. The normalized spacial score (nSPS) is 22.8. The second kappa shape index (κ2) is 10.1. The van der Waals surface area contributed by atoms with Crippen molar-refractivity contribution in [1.29, 1.82) is 0 Å². The summed E-state index contributed by atoms with van der Waals surface area (Å²) in [6.45, 7) is 4.40. The smallest absolute Gasteiger partial charge is 0.326 e. The van der Waals surface area contributed by atoms with Crippen molar-refractivity contribution in [3.63, 3.8) is 0 Å². The van der Waals surface area contributed by atoms with Crippen LogP contribution in [0.3, 0.4) is 0 Å². The molecule has 11 heteroatoms. The topological polar surface area (TPSA) is 162 Å². The molecule has 3 amide bonds. The largest absolute Gasteiger partial charge is 0.480 e. The lowest BCUT2D eigenvalue weighted by molar-refractivity contribution is -0.152. The van der Waals surface area contributed by atoms with E-state index in [-0.39, 0.29) is 24.2 Å². The number of carbonyl (C=O) groups is 4. The molecule has 0 spiro atoms. The molecule has 2 saturated heterocycles. The highest BCUT2D eigenvalue weighted by atomic mass is 16.4. The molecule has 2 aliphatic rings. The minimum absolute atomic E-state index is 0.222. The van der Waals surface area contributed by atoms with Gasteiger partial charge in [0.25, 0.3) is 0 Å². The van der Waals surface area contributed by atoms with Crippen molar-refractivity contribution < 1.29 is 24.3 Å². The fourth-order valence-electron chi connectivity index (χ4n) is 4.44. The quantitative estimate of drug-likeness (QED) is 0.416. The number of carbonyl (C=O) groups excluding carboxylic acids is 3. The number of aliphatic carboxylic acids is 1. The zero-order chi connectivity index (χ0) is 23.4. The maximum absolute atomic E-state index is 13.4. The van der Waals surface area contributed by atoms with Crippen LogP contribution < -0.4 is 11.1 Å². The average Bonchev–Trinajstić information content (AvgIpc) is 3.51. The number of aromatic amines is 1. The molecular weight excluding hydrogens is 416 g/mol. The Bertz CT molecular complexity index is 842. The van der Waals surface area contributed by atoms with E-state index in [1.807, 2.05) is 13.8 Å². The van der Waals surface area contributed by atoms with Gasteiger partial charge in [0, 0.05) is 31.4 Å². The molecule has 5 N–H and O–H groups in total. The summed E-state index contributed by atoms with van der Waals surface area (Å²) in [5, 5.41) is 12.2. The minimum atomic E-state index is -1.02. The van der Waals surface area contributed by atoms with Gasteiger partial charge in [-0.05, 0) is 31.6 Å². The van der Waals surface area contributed by atoms with Crippen LogP contribution in [0.15, 0.2) is 12.5 Å². The Labute approximate surface area is 186 Å². The molecule has 4 atom stereocenters. The van der Waals surface area contributed by atoms with Gasteiger partial charge in [-0.3, -0.25) is 14.4 Å². The molecule has 1 aromatic heterocycles. The van der Waals surface area contributed by atoms with Crippen molar-refractivity contribution in [2.75, 3.05) is 13.1 Å². The van der Waals surface area contributed by atoms with Crippen LogP contribution in [0.4, 0.5) is 0 Å². The number of rotatable bonds is 8. The number of carboxylic acids is 1. The van der Waals surface area contributed by atoms with Gasteiger partial charge in [0.1, 0.15) is 18.1 Å². The van der Waals surface area contributed by atoms with E-state index < -0.39 is 36.0 Å². The van der Waals surface area contributed by atoms with Gasteiger partial charge in [-0.25, -0.2) is 9.78 Å². The standard InChI is InChI=1S/C21H32N6O5/c1-12(2)17(25-18(28)14(22)9-13-10-23-11-24-13)20(30)26-7-3-5-15(26)19(29)27-8-4-6-16(27)21(31)32/h10-12,14-17H,3-9,22H2,1-2H3,(H,23,24)(H,25,28)(H,31,32). The molecular formula is C21H32N6O5. The molecule has 0 bridgehead atoms. The third kappa shape index (κ3) is 5.09. The predicted molar refractivity (Wildman–Crippen MR) is 114 cm³/mol. The van der Waals surface area contributed by atoms with Gasteiger partial charge in [-0.15, -0.1) is 0 Å². The summed E-state index contributed by atoms with van der Waals surface area (Å²) in [5.41, 5.74) is 6.72. The van der Waals surface area contributed by atoms with E-state index >= 15 is 0 Å². The highest BCUT2D eigenvalue weighted by Crippen LogP contribution is 2.26. The number of carboxylic acid groups (broad SMARTS) is 1. The number of hydrogen-bond donors (Lipinski definition) is 4. The first-order chi connectivity index (χ1) is 15.2. The van der Waals surface area contributed by atoms with E-state index in [0.29, 0.717) is 44.5 Å². The SMILES string of the molecule is CC(C)C(NC(=O)C(N)Cc1cnc[nH]1)C(=O)N1CCCC1C(=O)N1CCCC1C(=O)O. The Morgan fingerprint density at radius 2 is 1.84 bits per heavy atom. The first-order valence-electron chi connectivity index (χ1n) is 11.1. The Balaban J connectivity index is 1.68. The number of amides is 3. The van der Waals surface area contributed by atoms with Gasteiger partial charge in [-0.1, -0.05) is 13.8 Å². The maximum atomic E-state index is 13.4. The third-order valence-electron chi connectivity index (χ3n) is 6.20. The van der Waals surface area contributed by atoms with Crippen molar-refractivity contribution in [2.24, 2.45) is 11.7 Å². The number of imidazole rings is 1. The molecule has 0 saturated carbocycles. The monoisotopic (exact) mass is 448 g/mol. The number of hydrogen-bond acceptors (Lipinski definition) is 6. The van der Waals surface area contributed by atoms with E-state index in [2.05, 4.69) is 15.3 Å². The van der Waals surface area contributed by atoms with E-state index in [1.54, 1.807) is 6.20 Å². The van der Waals surface area contributed by atoms with Crippen molar-refractivity contribution in [2.45, 2.75) is 70.1 Å². The van der Waals surface area contributed by atoms with Crippen molar-refractivity contribution >= 4 is 23.7 Å². The van der Waals surface area contributed by atoms with E-state index in [9.17, 15) is 24.3 Å². The summed E-state index contributed by atoms with van der Waals surface area (Å²) in [6.07, 6.45) is 5.50. The number of nitrogens with zero attached hydrogens (tertiary/aromatic N) is 3. The number of nitrogens with two attached hydrogens (primary N) is 1. The molecule has 32 heavy (non-hydrogen) atoms. The van der Waals surface area contributed by atoms with Crippen LogP contribution in [0.5, 0.6) is 0 Å². The van der Waals surface area contributed by atoms with Crippen LogP contribution in [-0.2, 0) is 25.6 Å². The Morgan fingerprint density at radius 1 is 1.19 bits per heavy atom. The summed E-state index contributed by atoms with van der Waals surface area (Å²) in [5.74, 6) is -2.38. The van der Waals surface area contributed by atoms with Gasteiger partial charge < -0.3 is 30.9 Å². The van der Waals surface area contributed by atoms with E-state index in [0.717, 1.165) is 0 Å². The Kier molecular flexibility index (Phi) is 7.49. The second-order valence-corrected chi connectivity index (χ2v) is 8.84. The Hall–Kier alpha value is -2.95. The molecule has 2 fully saturated rings. The van der Waals surface area contributed by atoms with Crippen LogP contribution in [0.1, 0.15) is 45.2 Å².